The Bertz CT molecular complexity index is 1860. The molecule has 62 heavy (non-hydrogen) atoms. The number of nitrogens with zero attached hydrogens (tertiary/aromatic N) is 3. The van der Waals surface area contributed by atoms with Crippen molar-refractivity contribution in [2.75, 3.05) is 13.2 Å². The van der Waals surface area contributed by atoms with Crippen molar-refractivity contribution in [2.24, 2.45) is 50.2 Å². The molecule has 2 aliphatic heterocycles. The van der Waals surface area contributed by atoms with Gasteiger partial charge in [-0.15, -0.1) is 5.10 Å². The Hall–Kier alpha value is -2.13. The van der Waals surface area contributed by atoms with Gasteiger partial charge in [0, 0.05) is 0 Å². The van der Waals surface area contributed by atoms with E-state index < -0.39 is 86.1 Å². The highest BCUT2D eigenvalue weighted by Crippen LogP contribution is 2.75. The van der Waals surface area contributed by atoms with Crippen molar-refractivity contribution in [3.63, 3.8) is 0 Å². The molecule has 350 valence electrons. The van der Waals surface area contributed by atoms with Crippen LogP contribution in [0.4, 0.5) is 0 Å². The molecule has 17 heteroatoms. The first kappa shape index (κ1) is 46.4. The number of aromatic nitrogens is 3. The van der Waals surface area contributed by atoms with Crippen LogP contribution in [0.15, 0.2) is 17.8 Å². The highest BCUT2D eigenvalue weighted by molar-refractivity contribution is 5.85. The number of hydrogen-bond acceptors (Lipinski definition) is 15. The van der Waals surface area contributed by atoms with Crippen LogP contribution >= 0.6 is 0 Å². The van der Waals surface area contributed by atoms with Crippen molar-refractivity contribution < 1.29 is 65.0 Å². The van der Waals surface area contributed by atoms with Gasteiger partial charge in [-0.2, -0.15) is 0 Å². The molecule has 19 atom stereocenters. The number of rotatable bonds is 8. The van der Waals surface area contributed by atoms with E-state index in [0.29, 0.717) is 30.4 Å². The molecule has 0 aromatic carbocycles. The smallest absolute Gasteiger partial charge is 0.229 e. The van der Waals surface area contributed by atoms with E-state index in [1.807, 2.05) is 0 Å². The number of ether oxygens (including phenoxy) is 3. The molecule has 17 nitrogen and oxygen atoms in total. The first-order valence-corrected chi connectivity index (χ1v) is 22.8. The molecule has 8 rings (SSSR count). The highest BCUT2D eigenvalue weighted by Gasteiger charge is 2.71. The molecule has 7 aliphatic rings. The van der Waals surface area contributed by atoms with Crippen LogP contribution in [-0.4, -0.2) is 147 Å². The molecular weight excluding hydrogens is 805 g/mol. The van der Waals surface area contributed by atoms with Gasteiger partial charge in [-0.3, -0.25) is 4.79 Å². The second kappa shape index (κ2) is 16.0. The van der Waals surface area contributed by atoms with Crippen molar-refractivity contribution in [2.45, 2.75) is 186 Å². The number of hydrogen-bond donors (Lipinski definition) is 10. The fraction of sp³-hybridized carbons (Fsp3) is 0.889. The molecule has 3 unspecified atom stereocenters. The van der Waals surface area contributed by atoms with Gasteiger partial charge < -0.3 is 65.5 Å². The highest BCUT2D eigenvalue weighted by atomic mass is 16.7. The van der Waals surface area contributed by atoms with Crippen LogP contribution in [0.25, 0.3) is 0 Å². The second-order valence-corrected chi connectivity index (χ2v) is 22.3. The molecule has 1 aromatic heterocycles. The zero-order valence-corrected chi connectivity index (χ0v) is 37.3. The van der Waals surface area contributed by atoms with Crippen molar-refractivity contribution in [1.82, 2.24) is 20.3 Å². The predicted molar refractivity (Wildman–Crippen MR) is 220 cm³/mol. The summed E-state index contributed by atoms with van der Waals surface area (Å²) in [5.41, 5.74) is -0.0486. The summed E-state index contributed by atoms with van der Waals surface area (Å²) in [4.78, 5) is 14.8. The molecule has 2 saturated heterocycles. The third kappa shape index (κ3) is 6.89. The van der Waals surface area contributed by atoms with E-state index in [4.69, 9.17) is 14.2 Å². The maximum Gasteiger partial charge on any atom is 0.229 e. The van der Waals surface area contributed by atoms with E-state index >= 15 is 0 Å². The second-order valence-electron chi connectivity index (χ2n) is 22.3. The lowest BCUT2D eigenvalue weighted by Gasteiger charge is -2.71. The SMILES string of the molecule is CC1(C)CC[C@@]2(C(=O)NCc3cn([C@H]4O[C@@H](CO)[C@H](O[C@@H]5O[C@@H](CO)[C@H](O)[C@@H](O)[C@@H]5O)[C@@H](O)[C@@H]4O)nn3)C(C1)C1=CCC3[C@@]4(C)CC[C@H](O)C(C)(C)C4CC[C@@]3(C)[C@]1(C)C[C@H]2O. The minimum atomic E-state index is -1.79. The lowest BCUT2D eigenvalue weighted by atomic mass is 9.33. The summed E-state index contributed by atoms with van der Waals surface area (Å²) in [6, 6.07) is 0. The van der Waals surface area contributed by atoms with Crippen LogP contribution < -0.4 is 5.32 Å². The van der Waals surface area contributed by atoms with Gasteiger partial charge in [0.15, 0.2) is 12.5 Å². The molecule has 5 aliphatic carbocycles. The fourth-order valence-electron chi connectivity index (χ4n) is 14.4. The van der Waals surface area contributed by atoms with E-state index in [-0.39, 0.29) is 51.5 Å². The molecule has 1 amide bonds. The van der Waals surface area contributed by atoms with Gasteiger partial charge in [0.1, 0.15) is 54.5 Å². The Balaban J connectivity index is 0.994. The van der Waals surface area contributed by atoms with Crippen LogP contribution in [-0.2, 0) is 25.5 Å². The van der Waals surface area contributed by atoms with Gasteiger partial charge in [-0.1, -0.05) is 65.3 Å². The first-order chi connectivity index (χ1) is 29.0. The molecular formula is C45H72N4O13. The first-order valence-electron chi connectivity index (χ1n) is 22.8. The topological polar surface area (TPSA) is 270 Å². The number of aliphatic hydroxyl groups is 9. The van der Waals surface area contributed by atoms with Gasteiger partial charge in [-0.25, -0.2) is 4.68 Å². The van der Waals surface area contributed by atoms with E-state index in [1.165, 1.54) is 16.5 Å². The van der Waals surface area contributed by atoms with Gasteiger partial charge >= 0.3 is 0 Å². The normalized spacial score (nSPS) is 49.7. The lowest BCUT2D eigenvalue weighted by Crippen LogP contribution is -2.68. The third-order valence-electron chi connectivity index (χ3n) is 18.3. The van der Waals surface area contributed by atoms with Gasteiger partial charge in [0.05, 0.1) is 43.6 Å². The monoisotopic (exact) mass is 877 g/mol. The maximum absolute atomic E-state index is 14.8. The van der Waals surface area contributed by atoms with Gasteiger partial charge in [0.2, 0.25) is 5.91 Å². The van der Waals surface area contributed by atoms with E-state index in [9.17, 15) is 50.8 Å². The molecule has 0 spiro atoms. The van der Waals surface area contributed by atoms with Gasteiger partial charge in [0.25, 0.3) is 0 Å². The molecule has 0 radical (unpaired) electrons. The number of amides is 1. The summed E-state index contributed by atoms with van der Waals surface area (Å²) in [5, 5.41) is 108. The van der Waals surface area contributed by atoms with E-state index in [2.05, 4.69) is 70.2 Å². The van der Waals surface area contributed by atoms with Gasteiger partial charge in [-0.05, 0) is 103 Å². The summed E-state index contributed by atoms with van der Waals surface area (Å²) >= 11 is 0. The van der Waals surface area contributed by atoms with Crippen LogP contribution in [0.5, 0.6) is 0 Å². The van der Waals surface area contributed by atoms with Crippen molar-refractivity contribution in [1.29, 1.82) is 0 Å². The maximum atomic E-state index is 14.8. The largest absolute Gasteiger partial charge is 0.394 e. The summed E-state index contributed by atoms with van der Waals surface area (Å²) in [7, 11) is 0. The Kier molecular flexibility index (Phi) is 12.0. The van der Waals surface area contributed by atoms with Crippen molar-refractivity contribution in [3.8, 4) is 0 Å². The lowest BCUT2D eigenvalue weighted by molar-refractivity contribution is -0.347. The minimum Gasteiger partial charge on any atom is -0.394 e. The molecule has 1 aromatic rings. The number of carbonyl (C=O) groups is 1. The van der Waals surface area contributed by atoms with Crippen LogP contribution in [0.2, 0.25) is 0 Å². The fourth-order valence-corrected chi connectivity index (χ4v) is 14.4. The van der Waals surface area contributed by atoms with Crippen LogP contribution in [0.1, 0.15) is 118 Å². The average Bonchev–Trinajstić information content (AvgIpc) is 3.69. The Labute approximate surface area is 363 Å². The van der Waals surface area contributed by atoms with E-state index in [1.54, 1.807) is 0 Å². The number of aliphatic hydroxyl groups excluding tert-OH is 9. The molecule has 6 fully saturated rings. The Morgan fingerprint density at radius 2 is 1.52 bits per heavy atom. The molecule has 0 bridgehead atoms. The van der Waals surface area contributed by atoms with Crippen molar-refractivity contribution >= 4 is 5.91 Å². The quantitative estimate of drug-likeness (QED) is 0.162. The Morgan fingerprint density at radius 3 is 2.21 bits per heavy atom. The van der Waals surface area contributed by atoms with Crippen molar-refractivity contribution in [3.05, 3.63) is 23.5 Å². The zero-order chi connectivity index (χ0) is 45.1. The minimum absolute atomic E-state index is 0.0419. The van der Waals surface area contributed by atoms with Crippen LogP contribution in [0.3, 0.4) is 0 Å². The number of nitrogens with one attached hydrogen (secondary N) is 1. The number of fused-ring (bicyclic) bond motifs is 7. The molecule has 4 saturated carbocycles. The summed E-state index contributed by atoms with van der Waals surface area (Å²) in [6.45, 7) is 14.8. The average molecular weight is 877 g/mol. The predicted octanol–water partition coefficient (Wildman–Crippen LogP) is 0.824. The summed E-state index contributed by atoms with van der Waals surface area (Å²) < 4.78 is 18.2. The molecule has 10 N–H and O–H groups in total. The number of allylic oxidation sites excluding steroid dienone is 2. The number of carbonyl (C=O) groups excluding carboxylic acids is 1. The summed E-state index contributed by atoms with van der Waals surface area (Å²) in [6.07, 6.45) is -5.75. The summed E-state index contributed by atoms with van der Waals surface area (Å²) in [5.74, 6) is 0.352. The van der Waals surface area contributed by atoms with Crippen LogP contribution in [0, 0.1) is 50.2 Å². The Morgan fingerprint density at radius 1 is 0.806 bits per heavy atom. The zero-order valence-electron chi connectivity index (χ0n) is 37.3. The molecule has 3 heterocycles. The third-order valence-corrected chi connectivity index (χ3v) is 18.3. The standard InChI is InChI=1S/C45H72N4O13/c1-40(2)14-15-45(24(16-40)23-8-9-28-42(5)12-11-29(52)41(3,4)27(42)10-13-43(28,6)44(23,7)17-30(45)53)39(59)46-18-22-19-49(48-47-22)37-34(57)33(56)36(26(21-51)60-37)62-38-35(58)32(55)31(54)25(20-50)61-38/h8,19,24-38,50-58H,9-18,20-21H2,1-7H3,(H,46,59)/t24?,25-,26-,27?,28?,29-,30+,31-,32+,33-,34-,35-,36-,37-,38-,42-,43+,44+,45+/m0/s1. The van der Waals surface area contributed by atoms with E-state index in [0.717, 1.165) is 44.9 Å².